The molecular weight excluding hydrogens is 2470 g/mol. The molecule has 0 bridgehead atoms. The average Bonchev–Trinajstić information content (AvgIpc) is 1.37. The zero-order valence-electron chi connectivity index (χ0n) is 91.3. The molecule has 4 radical (unpaired) electrons. The third kappa shape index (κ3) is 25.9. The summed E-state index contributed by atoms with van der Waals surface area (Å²) in [7, 11) is 0. The van der Waals surface area contributed by atoms with Gasteiger partial charge in [-0.1, -0.05) is 209 Å². The number of hydrogen-bond donors (Lipinski definition) is 0. The third-order valence-corrected chi connectivity index (χ3v) is 21.6. The van der Waals surface area contributed by atoms with Crippen molar-refractivity contribution in [3.8, 4) is 90.1 Å². The van der Waals surface area contributed by atoms with E-state index < -0.39 is 44.6 Å². The summed E-state index contributed by atoms with van der Waals surface area (Å²) in [6, 6.07) is 127. The van der Waals surface area contributed by atoms with E-state index in [9.17, 15) is 0 Å². The van der Waals surface area contributed by atoms with Crippen LogP contribution in [0.3, 0.4) is 0 Å². The molecular formula is C122H96Ir4N12O4-8. The smallest absolute Gasteiger partial charge is 0.216 e. The molecule has 0 aliphatic carbocycles. The van der Waals surface area contributed by atoms with Gasteiger partial charge in [0.25, 0.3) is 0 Å². The van der Waals surface area contributed by atoms with E-state index in [-0.39, 0.29) is 109 Å². The summed E-state index contributed by atoms with van der Waals surface area (Å²) < 4.78 is 134. The Morgan fingerprint density at radius 2 is 0.528 bits per heavy atom. The van der Waals surface area contributed by atoms with Gasteiger partial charge in [0, 0.05) is 205 Å². The van der Waals surface area contributed by atoms with Gasteiger partial charge in [-0.3, -0.25) is 0 Å². The minimum atomic E-state index is -3.07. The Balaban J connectivity index is 0.000000151. The van der Waals surface area contributed by atoms with Crippen LogP contribution >= 0.6 is 0 Å². The van der Waals surface area contributed by atoms with Crippen molar-refractivity contribution in [2.24, 2.45) is 0 Å². The van der Waals surface area contributed by atoms with E-state index in [1.807, 2.05) is 281 Å². The fraction of sp³-hybridized carbons (Fsp3) is 0.115. The van der Waals surface area contributed by atoms with Gasteiger partial charge in [0.15, 0.2) is 0 Å². The number of aromatic nitrogens is 12. The van der Waals surface area contributed by atoms with E-state index in [2.05, 4.69) is 136 Å². The normalized spacial score (nSPS) is 12.7. The molecule has 16 aromatic heterocycles. The summed E-state index contributed by atoms with van der Waals surface area (Å²) >= 11 is 0. The molecule has 8 aromatic carbocycles. The monoisotopic (exact) mass is 2580 g/mol. The van der Waals surface area contributed by atoms with Crippen LogP contribution in [-0.4, -0.2) is 59.8 Å². The summed E-state index contributed by atoms with van der Waals surface area (Å²) in [5.41, 5.74) is 17.2. The van der Waals surface area contributed by atoms with Crippen LogP contribution in [0.5, 0.6) is 0 Å². The van der Waals surface area contributed by atoms with Crippen molar-refractivity contribution in [3.05, 3.63) is 461 Å². The predicted molar refractivity (Wildman–Crippen MR) is 554 cm³/mol. The van der Waals surface area contributed by atoms with E-state index in [1.165, 1.54) is 31.3 Å². The zero-order chi connectivity index (χ0) is 107. The van der Waals surface area contributed by atoms with Crippen molar-refractivity contribution in [1.82, 2.24) is 59.8 Å². The minimum Gasteiger partial charge on any atom is -0.486 e. The number of hydrogen-bond acceptors (Lipinski definition) is 16. The molecule has 0 amide bonds. The van der Waals surface area contributed by atoms with E-state index in [4.69, 9.17) is 41.8 Å². The molecule has 0 fully saturated rings. The van der Waals surface area contributed by atoms with E-state index in [0.29, 0.717) is 50.5 Å². The second-order valence-electron chi connectivity index (χ2n) is 32.6. The van der Waals surface area contributed by atoms with Gasteiger partial charge in [-0.25, -0.2) is 19.9 Å². The molecule has 24 aromatic rings. The molecule has 0 aliphatic rings. The Morgan fingerprint density at radius 3 is 0.817 bits per heavy atom. The van der Waals surface area contributed by atoms with E-state index in [1.54, 1.807) is 86.1 Å². The standard InChI is InChI=1S/2C20H17N2O.2C19H15N2O.4C11H8N.4Ir/c2*1-20(2,3)17-11-10-14-13-7-6-8-15(16-9-4-5-12-21-16)18(13)23-19(14)22-17;2*1-12(2)13-8-10-20-17(11-13)16-6-3-5-14-15-7-4-9-21-19(15)22-18(14)16;4*1-2-6-10(7-3-1)11-8-4-5-9-12-11;;;;/h2*4-7,9-12H,1-3H3;2*3-5,7-12H,1-2H3;4*1-6,8-9H;;;;/q8*-1;;;;/i1D3,2D3;;1D3,2D3,12D;12D;;;;;;;;. The molecule has 0 atom stereocenters. The Morgan fingerprint density at radius 1 is 0.246 bits per heavy atom. The molecule has 142 heavy (non-hydrogen) atoms. The van der Waals surface area contributed by atoms with Crippen molar-refractivity contribution < 1.29 is 117 Å². The van der Waals surface area contributed by atoms with Gasteiger partial charge < -0.3 is 57.5 Å². The number of nitrogens with zero attached hydrogens (tertiary/aromatic N) is 12. The van der Waals surface area contributed by atoms with E-state index in [0.717, 1.165) is 128 Å². The summed E-state index contributed by atoms with van der Waals surface area (Å²) in [5, 5.41) is 7.06. The molecule has 0 spiro atoms. The molecule has 0 aliphatic heterocycles. The Hall–Kier alpha value is -14.6. The Bertz CT molecular complexity index is 8260. The first-order valence-corrected chi connectivity index (χ1v) is 44.2. The Labute approximate surface area is 900 Å². The second kappa shape index (κ2) is 50.0. The van der Waals surface area contributed by atoms with Crippen LogP contribution in [0.4, 0.5) is 0 Å². The first-order valence-electron chi connectivity index (χ1n) is 51.2. The maximum absolute atomic E-state index is 8.38. The van der Waals surface area contributed by atoms with Crippen molar-refractivity contribution in [2.45, 2.75) is 91.6 Å². The van der Waals surface area contributed by atoms with Crippen LogP contribution in [0.2, 0.25) is 0 Å². The number of rotatable bonds is 10. The predicted octanol–water partition coefficient (Wildman–Crippen LogP) is 30.4. The number of fused-ring (bicyclic) bond motifs is 12. The number of pyridine rings is 12. The topological polar surface area (TPSA) is 207 Å². The van der Waals surface area contributed by atoms with Gasteiger partial charge in [-0.15, -0.1) is 216 Å². The molecule has 16 heterocycles. The van der Waals surface area contributed by atoms with Crippen LogP contribution in [0.1, 0.15) is 122 Å². The molecule has 20 heteroatoms. The van der Waals surface area contributed by atoms with Gasteiger partial charge in [-0.05, 0) is 154 Å². The third-order valence-electron chi connectivity index (χ3n) is 21.6. The maximum Gasteiger partial charge on any atom is 0.216 e. The zero-order valence-corrected chi connectivity index (χ0v) is 86.9. The summed E-state index contributed by atoms with van der Waals surface area (Å²) in [5.74, 6) is -3.48. The molecule has 16 nitrogen and oxygen atoms in total. The van der Waals surface area contributed by atoms with Crippen molar-refractivity contribution in [1.29, 1.82) is 0 Å². The largest absolute Gasteiger partial charge is 0.486 e. The molecule has 0 saturated carbocycles. The molecule has 0 unspecified atom stereocenters. The number of furan rings is 4. The minimum absolute atomic E-state index is 0. The van der Waals surface area contributed by atoms with Crippen LogP contribution in [0.25, 0.3) is 178 Å². The van der Waals surface area contributed by atoms with Crippen LogP contribution in [-0.2, 0) is 91.3 Å². The Kier molecular flexibility index (Phi) is 30.4. The number of benzene rings is 8. The fourth-order valence-corrected chi connectivity index (χ4v) is 14.8. The second-order valence-corrected chi connectivity index (χ2v) is 32.6. The van der Waals surface area contributed by atoms with Crippen molar-refractivity contribution >= 4 is 88.3 Å². The van der Waals surface area contributed by atoms with Gasteiger partial charge in [-0.2, -0.15) is 0 Å². The van der Waals surface area contributed by atoms with Crippen molar-refractivity contribution in [2.75, 3.05) is 0 Å². The fourth-order valence-electron chi connectivity index (χ4n) is 14.8. The summed E-state index contributed by atoms with van der Waals surface area (Å²) in [4.78, 5) is 51.8. The molecule has 712 valence electrons. The first kappa shape index (κ1) is 86.5. The van der Waals surface area contributed by atoms with Gasteiger partial charge >= 0.3 is 0 Å². The molecule has 0 N–H and O–H groups in total. The average molecular weight is 2580 g/mol. The van der Waals surface area contributed by atoms with Gasteiger partial charge in [0.05, 0.1) is 22.3 Å². The summed E-state index contributed by atoms with van der Waals surface area (Å²) in [6.07, 6.45) is 16.9. The maximum atomic E-state index is 8.38. The van der Waals surface area contributed by atoms with Crippen LogP contribution < -0.4 is 0 Å². The molecule has 0 saturated heterocycles. The van der Waals surface area contributed by atoms with Gasteiger partial charge in [0.2, 0.25) is 22.9 Å². The first-order chi connectivity index (χ1) is 73.0. The van der Waals surface area contributed by atoms with Crippen molar-refractivity contribution in [3.63, 3.8) is 0 Å². The summed E-state index contributed by atoms with van der Waals surface area (Å²) in [6.45, 7) is -0.341. The SMILES string of the molecule is CC(C)(C)c1ccc2c(n1)oc1c(-c3ccccn3)[c-]ccc12.[2H]C(C)(C)c1ccnc(-c2[c-]ccc3c2oc2ncccc23)c1.[2H]C([2H])([2H])C(C)(c1ccc2c(n1)oc1c(-c3ccccn3)[c-]ccc12)C([2H])([2H])[2H].[2H]C([2H])([2H])C([2H])(c1ccnc(-c2[c-]ccc3c2oc2ncccc23)c1)C([2H])([2H])[2H].[Ir].[Ir].[Ir].[Ir].[c-]1ccccc1-c1ccccn1.[c-]1ccccc1-c1ccccn1.[c-]1ccccc1-c1ccccn1.[c-]1ccccc1-c1ccccn1. The van der Waals surface area contributed by atoms with E-state index >= 15 is 0 Å². The molecule has 24 rings (SSSR count). The van der Waals surface area contributed by atoms with Crippen LogP contribution in [0, 0.1) is 48.5 Å². The van der Waals surface area contributed by atoms with Crippen LogP contribution in [0.15, 0.2) is 407 Å². The quantitative estimate of drug-likeness (QED) is 0.117. The van der Waals surface area contributed by atoms with Gasteiger partial charge in [0.1, 0.15) is 0 Å².